The van der Waals surface area contributed by atoms with Crippen LogP contribution in [0.3, 0.4) is 0 Å². The third kappa shape index (κ3) is 5.60. The second-order valence-electron chi connectivity index (χ2n) is 5.45. The van der Waals surface area contributed by atoms with E-state index in [1.165, 1.54) is 32.4 Å². The second kappa shape index (κ2) is 9.77. The van der Waals surface area contributed by atoms with Gasteiger partial charge in [-0.1, -0.05) is 18.2 Å². The molecule has 0 fully saturated rings. The number of carboxylic acids is 1. The first-order chi connectivity index (χ1) is 13.4. The summed E-state index contributed by atoms with van der Waals surface area (Å²) < 4.78 is 15.0. The topological polar surface area (TPSA) is 111 Å². The molecule has 0 heterocycles. The molecule has 0 unspecified atom stereocenters. The van der Waals surface area contributed by atoms with Gasteiger partial charge in [0.05, 0.1) is 25.5 Å². The number of rotatable bonds is 8. The number of carboxylic acid groups (broad SMARTS) is 1. The van der Waals surface area contributed by atoms with E-state index in [-0.39, 0.29) is 11.3 Å². The van der Waals surface area contributed by atoms with Crippen LogP contribution in [0.2, 0.25) is 0 Å². The molecule has 8 heteroatoms. The van der Waals surface area contributed by atoms with E-state index < -0.39 is 24.5 Å². The van der Waals surface area contributed by atoms with Crippen molar-refractivity contribution in [1.29, 1.82) is 0 Å². The number of anilines is 1. The van der Waals surface area contributed by atoms with Gasteiger partial charge in [-0.15, -0.1) is 0 Å². The molecule has 2 aromatic rings. The minimum atomic E-state index is -1.27. The van der Waals surface area contributed by atoms with Crippen LogP contribution in [0.1, 0.15) is 15.9 Å². The Hall–Kier alpha value is -3.81. The first-order valence-corrected chi connectivity index (χ1v) is 8.13. The van der Waals surface area contributed by atoms with Crippen LogP contribution in [-0.4, -0.2) is 43.8 Å². The molecule has 0 spiro atoms. The number of methoxy groups -OCH3 is 2. The normalized spacial score (nSPS) is 10.4. The van der Waals surface area contributed by atoms with Crippen LogP contribution in [0.15, 0.2) is 48.5 Å². The zero-order valence-corrected chi connectivity index (χ0v) is 15.3. The van der Waals surface area contributed by atoms with Gasteiger partial charge in [-0.2, -0.15) is 0 Å². The summed E-state index contributed by atoms with van der Waals surface area (Å²) in [5, 5.41) is 11.2. The zero-order valence-electron chi connectivity index (χ0n) is 15.3. The highest BCUT2D eigenvalue weighted by atomic mass is 16.5. The van der Waals surface area contributed by atoms with Gasteiger partial charge in [-0.25, -0.2) is 9.59 Å². The van der Waals surface area contributed by atoms with Crippen molar-refractivity contribution in [3.8, 4) is 11.5 Å². The summed E-state index contributed by atoms with van der Waals surface area (Å²) in [6.07, 6.45) is 2.86. The Morgan fingerprint density at radius 3 is 2.43 bits per heavy atom. The maximum Gasteiger partial charge on any atom is 0.341 e. The fraction of sp³-hybridized carbons (Fsp3) is 0.150. The van der Waals surface area contributed by atoms with Crippen molar-refractivity contribution in [2.45, 2.75) is 0 Å². The van der Waals surface area contributed by atoms with E-state index in [0.29, 0.717) is 17.1 Å². The predicted molar refractivity (Wildman–Crippen MR) is 102 cm³/mol. The number of carbonyl (C=O) groups is 3. The molecule has 0 aliphatic rings. The summed E-state index contributed by atoms with van der Waals surface area (Å²) in [7, 11) is 3.04. The van der Waals surface area contributed by atoms with Gasteiger partial charge in [-0.05, 0) is 35.9 Å². The molecule has 0 aliphatic heterocycles. The second-order valence-corrected chi connectivity index (χ2v) is 5.45. The molecule has 146 valence electrons. The molecule has 0 bridgehead atoms. The Morgan fingerprint density at radius 2 is 1.75 bits per heavy atom. The summed E-state index contributed by atoms with van der Waals surface area (Å²) in [5.41, 5.74) is 0.971. The van der Waals surface area contributed by atoms with Gasteiger partial charge in [0.15, 0.2) is 18.1 Å². The average Bonchev–Trinajstić information content (AvgIpc) is 2.70. The largest absolute Gasteiger partial charge is 0.493 e. The lowest BCUT2D eigenvalue weighted by Crippen LogP contribution is -2.16. The molecule has 8 nitrogen and oxygen atoms in total. The smallest absolute Gasteiger partial charge is 0.341 e. The van der Waals surface area contributed by atoms with Crippen LogP contribution in [0.25, 0.3) is 6.08 Å². The summed E-state index contributed by atoms with van der Waals surface area (Å²) >= 11 is 0. The molecular formula is C20H19NO7. The van der Waals surface area contributed by atoms with E-state index in [2.05, 4.69) is 10.1 Å². The van der Waals surface area contributed by atoms with Crippen molar-refractivity contribution in [1.82, 2.24) is 0 Å². The first-order valence-electron chi connectivity index (χ1n) is 8.13. The number of ether oxygens (including phenoxy) is 3. The van der Waals surface area contributed by atoms with E-state index in [0.717, 1.165) is 0 Å². The van der Waals surface area contributed by atoms with Crippen molar-refractivity contribution in [2.24, 2.45) is 0 Å². The zero-order chi connectivity index (χ0) is 20.5. The Balaban J connectivity index is 2.10. The van der Waals surface area contributed by atoms with Gasteiger partial charge in [-0.3, -0.25) is 4.79 Å². The molecule has 0 radical (unpaired) electrons. The Bertz CT molecular complexity index is 905. The van der Waals surface area contributed by atoms with Crippen LogP contribution in [-0.2, 0) is 14.3 Å². The van der Waals surface area contributed by atoms with E-state index in [9.17, 15) is 14.4 Å². The Labute approximate surface area is 161 Å². The fourth-order valence-electron chi connectivity index (χ4n) is 2.28. The summed E-state index contributed by atoms with van der Waals surface area (Å²) in [6.45, 7) is -0.764. The molecular weight excluding hydrogens is 366 g/mol. The molecule has 0 atom stereocenters. The Kier molecular flexibility index (Phi) is 7.15. The van der Waals surface area contributed by atoms with Crippen LogP contribution in [0.5, 0.6) is 11.5 Å². The first kappa shape index (κ1) is 20.5. The Morgan fingerprint density at radius 1 is 1.04 bits per heavy atom. The maximum atomic E-state index is 12.2. The number of amides is 1. The van der Waals surface area contributed by atoms with Crippen LogP contribution >= 0.6 is 0 Å². The van der Waals surface area contributed by atoms with Gasteiger partial charge in [0.25, 0.3) is 0 Å². The van der Waals surface area contributed by atoms with E-state index in [1.54, 1.807) is 36.4 Å². The molecule has 2 rings (SSSR count). The number of hydrogen-bond acceptors (Lipinski definition) is 6. The van der Waals surface area contributed by atoms with Crippen LogP contribution in [0, 0.1) is 0 Å². The molecule has 28 heavy (non-hydrogen) atoms. The van der Waals surface area contributed by atoms with E-state index in [1.807, 2.05) is 0 Å². The van der Waals surface area contributed by atoms with Crippen molar-refractivity contribution >= 4 is 29.6 Å². The fourth-order valence-corrected chi connectivity index (χ4v) is 2.28. The number of hydrogen-bond donors (Lipinski definition) is 2. The molecule has 0 saturated heterocycles. The number of nitrogens with one attached hydrogen (secondary N) is 1. The number of esters is 1. The number of para-hydroxylation sites is 1. The highest BCUT2D eigenvalue weighted by molar-refractivity contribution is 6.06. The molecule has 0 saturated carbocycles. The lowest BCUT2D eigenvalue weighted by atomic mass is 10.1. The summed E-state index contributed by atoms with van der Waals surface area (Å²) in [5.74, 6) is -1.50. The van der Waals surface area contributed by atoms with Gasteiger partial charge >= 0.3 is 11.9 Å². The third-order valence-electron chi connectivity index (χ3n) is 3.57. The van der Waals surface area contributed by atoms with Gasteiger partial charge in [0.1, 0.15) is 0 Å². The highest BCUT2D eigenvalue weighted by Crippen LogP contribution is 2.28. The highest BCUT2D eigenvalue weighted by Gasteiger charge is 2.14. The summed E-state index contributed by atoms with van der Waals surface area (Å²) in [4.78, 5) is 34.7. The lowest BCUT2D eigenvalue weighted by molar-refractivity contribution is -0.140. The molecule has 2 aromatic carbocycles. The maximum absolute atomic E-state index is 12.2. The standard InChI is InChI=1S/C20H19NO7/c1-26-16-9-7-13(11-17(16)27-2)8-10-18(22)21-15-6-4-3-5-14(15)20(25)28-12-19(23)24/h3-11H,12H2,1-2H3,(H,21,22)(H,23,24). The SMILES string of the molecule is COc1ccc(C=CC(=O)Nc2ccccc2C(=O)OCC(=O)O)cc1OC. The number of benzene rings is 2. The van der Waals surface area contributed by atoms with E-state index >= 15 is 0 Å². The van der Waals surface area contributed by atoms with Gasteiger partial charge in [0, 0.05) is 6.08 Å². The minimum Gasteiger partial charge on any atom is -0.493 e. The molecule has 0 aliphatic carbocycles. The third-order valence-corrected chi connectivity index (χ3v) is 3.57. The van der Waals surface area contributed by atoms with Crippen molar-refractivity contribution in [3.05, 3.63) is 59.7 Å². The van der Waals surface area contributed by atoms with Crippen LogP contribution in [0.4, 0.5) is 5.69 Å². The number of carbonyl (C=O) groups excluding carboxylic acids is 2. The molecule has 2 N–H and O–H groups in total. The lowest BCUT2D eigenvalue weighted by Gasteiger charge is -2.09. The van der Waals surface area contributed by atoms with Crippen LogP contribution < -0.4 is 14.8 Å². The number of aliphatic carboxylic acids is 1. The monoisotopic (exact) mass is 385 g/mol. The quantitative estimate of drug-likeness (QED) is 0.531. The average molecular weight is 385 g/mol. The molecule has 0 aromatic heterocycles. The van der Waals surface area contributed by atoms with E-state index in [4.69, 9.17) is 14.6 Å². The van der Waals surface area contributed by atoms with Gasteiger partial charge in [0.2, 0.25) is 5.91 Å². The van der Waals surface area contributed by atoms with Crippen molar-refractivity contribution < 1.29 is 33.7 Å². The molecule has 1 amide bonds. The van der Waals surface area contributed by atoms with Gasteiger partial charge < -0.3 is 24.6 Å². The van der Waals surface area contributed by atoms with Crippen molar-refractivity contribution in [3.63, 3.8) is 0 Å². The minimum absolute atomic E-state index is 0.0524. The van der Waals surface area contributed by atoms with Crippen molar-refractivity contribution in [2.75, 3.05) is 26.1 Å². The summed E-state index contributed by atoms with van der Waals surface area (Å²) in [6, 6.07) is 11.3. The predicted octanol–water partition coefficient (Wildman–Crippen LogP) is 2.60.